The van der Waals surface area contributed by atoms with Crippen molar-refractivity contribution >= 4 is 12.3 Å². The second-order valence-electron chi connectivity index (χ2n) is 9.90. The summed E-state index contributed by atoms with van der Waals surface area (Å²) in [6, 6.07) is 5.64. The third-order valence-electron chi connectivity index (χ3n) is 8.29. The van der Waals surface area contributed by atoms with Crippen molar-refractivity contribution in [2.75, 3.05) is 0 Å². The summed E-state index contributed by atoms with van der Waals surface area (Å²) in [5, 5.41) is 49.0. The fraction of sp³-hybridized carbons (Fsp3) is 0.667. The lowest BCUT2D eigenvalue weighted by Crippen LogP contribution is -2.50. The van der Waals surface area contributed by atoms with E-state index in [2.05, 4.69) is 6.92 Å². The van der Waals surface area contributed by atoms with Gasteiger partial charge in [0.25, 0.3) is 0 Å². The molecule has 1 aromatic carbocycles. The van der Waals surface area contributed by atoms with Crippen molar-refractivity contribution in [2.45, 2.75) is 81.9 Å². The zero-order valence-electron chi connectivity index (χ0n) is 18.1. The van der Waals surface area contributed by atoms with Crippen LogP contribution in [-0.4, -0.2) is 68.3 Å². The molecule has 4 rings (SSSR count). The third-order valence-corrected chi connectivity index (χ3v) is 8.29. The van der Waals surface area contributed by atoms with Gasteiger partial charge in [-0.15, -0.1) is 0 Å². The average Bonchev–Trinajstić information content (AvgIpc) is 3.12. The van der Waals surface area contributed by atoms with Crippen LogP contribution >= 0.6 is 0 Å². The number of phenols is 1. The van der Waals surface area contributed by atoms with E-state index in [9.17, 15) is 35.1 Å². The molecule has 0 aromatic heterocycles. The number of hydrogen-bond donors (Lipinski definition) is 5. The number of fused-ring (bicyclic) bond motifs is 5. The number of phenolic OH excluding ortho intramolecular Hbond substituents is 1. The predicted molar refractivity (Wildman–Crippen MR) is 113 cm³/mol. The number of aliphatic hydroxyl groups is 4. The quantitative estimate of drug-likeness (QED) is 0.318. The van der Waals surface area contributed by atoms with Crippen molar-refractivity contribution < 1.29 is 39.9 Å². The molecule has 2 fully saturated rings. The minimum absolute atomic E-state index is 0.0245. The summed E-state index contributed by atoms with van der Waals surface area (Å²) >= 11 is 0. The number of hydrogen-bond acceptors (Lipinski definition) is 8. The van der Waals surface area contributed by atoms with Crippen molar-refractivity contribution in [1.82, 2.24) is 0 Å². The monoisotopic (exact) mass is 448 g/mol. The molecular weight excluding hydrogens is 416 g/mol. The zero-order chi connectivity index (χ0) is 23.2. The van der Waals surface area contributed by atoms with Crippen molar-refractivity contribution in [1.29, 1.82) is 0 Å². The number of esters is 1. The second-order valence-corrected chi connectivity index (χ2v) is 9.90. The minimum Gasteiger partial charge on any atom is -0.508 e. The molecule has 5 N–H and O–H groups in total. The first-order valence-electron chi connectivity index (χ1n) is 11.4. The Hall–Kier alpha value is -2.00. The number of aryl methyl sites for hydroxylation is 1. The maximum absolute atomic E-state index is 12.5. The first-order chi connectivity index (χ1) is 15.2. The molecule has 0 bridgehead atoms. The van der Waals surface area contributed by atoms with Crippen LogP contribution in [0.15, 0.2) is 18.2 Å². The normalized spacial score (nSPS) is 34.9. The van der Waals surface area contributed by atoms with Gasteiger partial charge in [0.1, 0.15) is 30.2 Å². The molecular formula is C24H32O8. The van der Waals surface area contributed by atoms with Gasteiger partial charge in [-0.2, -0.15) is 0 Å². The van der Waals surface area contributed by atoms with Crippen LogP contribution in [0, 0.1) is 17.3 Å². The van der Waals surface area contributed by atoms with Crippen LogP contribution in [0.1, 0.15) is 56.1 Å². The summed E-state index contributed by atoms with van der Waals surface area (Å²) in [7, 11) is 0. The molecule has 0 spiro atoms. The van der Waals surface area contributed by atoms with Gasteiger partial charge in [0.2, 0.25) is 0 Å². The van der Waals surface area contributed by atoms with Gasteiger partial charge in [-0.05, 0) is 79.5 Å². The molecule has 0 heterocycles. The molecule has 0 aliphatic heterocycles. The molecule has 0 saturated heterocycles. The van der Waals surface area contributed by atoms with Crippen molar-refractivity contribution in [3.8, 4) is 5.75 Å². The summed E-state index contributed by atoms with van der Waals surface area (Å²) in [4.78, 5) is 23.1. The van der Waals surface area contributed by atoms with Crippen LogP contribution in [0.4, 0.5) is 0 Å². The summed E-state index contributed by atoms with van der Waals surface area (Å²) in [6.07, 6.45) is -3.12. The minimum atomic E-state index is -2.06. The predicted octanol–water partition coefficient (Wildman–Crippen LogP) is 0.803. The molecule has 0 unspecified atom stereocenters. The van der Waals surface area contributed by atoms with Crippen LogP contribution in [0.2, 0.25) is 0 Å². The highest BCUT2D eigenvalue weighted by Crippen LogP contribution is 2.61. The summed E-state index contributed by atoms with van der Waals surface area (Å²) in [5.74, 6) is 0.453. The van der Waals surface area contributed by atoms with Crippen LogP contribution in [0.5, 0.6) is 5.75 Å². The Kier molecular flexibility index (Phi) is 6.33. The molecule has 2 saturated carbocycles. The fourth-order valence-corrected chi connectivity index (χ4v) is 6.53. The molecule has 3 aliphatic rings. The Labute approximate surface area is 186 Å². The molecule has 9 atom stereocenters. The van der Waals surface area contributed by atoms with Crippen LogP contribution in [0.3, 0.4) is 0 Å². The van der Waals surface area contributed by atoms with E-state index in [0.717, 1.165) is 32.1 Å². The van der Waals surface area contributed by atoms with E-state index in [1.165, 1.54) is 11.1 Å². The lowest BCUT2D eigenvalue weighted by atomic mass is 9.55. The molecule has 32 heavy (non-hydrogen) atoms. The second kappa shape index (κ2) is 8.74. The number of aliphatic hydroxyl groups excluding tert-OH is 4. The number of rotatable bonds is 6. The van der Waals surface area contributed by atoms with Gasteiger partial charge in [-0.1, -0.05) is 13.0 Å². The number of benzene rings is 1. The Bertz CT molecular complexity index is 872. The third kappa shape index (κ3) is 3.83. The van der Waals surface area contributed by atoms with Gasteiger partial charge >= 0.3 is 5.97 Å². The summed E-state index contributed by atoms with van der Waals surface area (Å²) in [5.41, 5.74) is 2.27. The van der Waals surface area contributed by atoms with Crippen molar-refractivity contribution in [2.24, 2.45) is 17.3 Å². The van der Waals surface area contributed by atoms with Gasteiger partial charge in [-0.25, -0.2) is 4.79 Å². The molecule has 1 aromatic rings. The van der Waals surface area contributed by atoms with Crippen molar-refractivity contribution in [3.63, 3.8) is 0 Å². The first kappa shape index (κ1) is 23.2. The Morgan fingerprint density at radius 3 is 2.59 bits per heavy atom. The molecule has 3 aliphatic carbocycles. The van der Waals surface area contributed by atoms with E-state index in [-0.39, 0.29) is 11.7 Å². The van der Waals surface area contributed by atoms with Gasteiger partial charge in [0.15, 0.2) is 12.4 Å². The lowest BCUT2D eigenvalue weighted by Gasteiger charge is -2.50. The van der Waals surface area contributed by atoms with Gasteiger partial charge < -0.3 is 35.1 Å². The standard InChI is InChI=1S/C24H32O8/c1-24-9-8-15-14-5-3-13(26)10-12(14)2-4-16(15)17(24)6-7-19(24)32-23(31)22(30)21(29)20(28)18(27)11-25/h3,5,10-11,15-22,26-30H,2,4,6-9H2,1H3/t15-,16-,17+,18+,19+,20-,21+,22+,24+/m1/s1. The fourth-order valence-electron chi connectivity index (χ4n) is 6.53. The van der Waals surface area contributed by atoms with Crippen LogP contribution in [0.25, 0.3) is 0 Å². The SMILES string of the molecule is C[C@]12CC[C@@H]3c4ccc(O)cc4CC[C@H]3[C@@H]1CC[C@@H]2OC(=O)[C@@H](O)[C@@H](O)[C@H](O)[C@@H](O)C=O. The first-order valence-corrected chi connectivity index (χ1v) is 11.4. The highest BCUT2D eigenvalue weighted by atomic mass is 16.6. The largest absolute Gasteiger partial charge is 0.508 e. The smallest absolute Gasteiger partial charge is 0.338 e. The van der Waals surface area contributed by atoms with Gasteiger partial charge in [-0.3, -0.25) is 0 Å². The van der Waals surface area contributed by atoms with E-state index in [4.69, 9.17) is 4.74 Å². The summed E-state index contributed by atoms with van der Waals surface area (Å²) < 4.78 is 5.63. The topological polar surface area (TPSA) is 145 Å². The Balaban J connectivity index is 1.45. The molecule has 8 heteroatoms. The number of carbonyl (C=O) groups is 2. The van der Waals surface area contributed by atoms with E-state index in [0.29, 0.717) is 29.9 Å². The average molecular weight is 449 g/mol. The van der Waals surface area contributed by atoms with E-state index in [1.54, 1.807) is 6.07 Å². The molecule has 0 radical (unpaired) electrons. The summed E-state index contributed by atoms with van der Waals surface area (Å²) in [6.45, 7) is 2.12. The Morgan fingerprint density at radius 2 is 1.88 bits per heavy atom. The van der Waals surface area contributed by atoms with Crippen LogP contribution in [-0.2, 0) is 20.7 Å². The molecule has 0 amide bonds. The lowest BCUT2D eigenvalue weighted by molar-refractivity contribution is -0.181. The number of ether oxygens (including phenoxy) is 1. The maximum Gasteiger partial charge on any atom is 0.338 e. The zero-order valence-corrected chi connectivity index (χ0v) is 18.1. The van der Waals surface area contributed by atoms with E-state index in [1.807, 2.05) is 12.1 Å². The molecule has 176 valence electrons. The maximum atomic E-state index is 12.5. The van der Waals surface area contributed by atoms with Crippen LogP contribution < -0.4 is 0 Å². The van der Waals surface area contributed by atoms with Crippen molar-refractivity contribution in [3.05, 3.63) is 29.3 Å². The van der Waals surface area contributed by atoms with E-state index < -0.39 is 36.5 Å². The molecule has 8 nitrogen and oxygen atoms in total. The highest BCUT2D eigenvalue weighted by molar-refractivity contribution is 5.75. The number of aromatic hydroxyl groups is 1. The van der Waals surface area contributed by atoms with Gasteiger partial charge in [0.05, 0.1) is 0 Å². The number of aldehydes is 1. The van der Waals surface area contributed by atoms with E-state index >= 15 is 0 Å². The number of carbonyl (C=O) groups excluding carboxylic acids is 2. The Morgan fingerprint density at radius 1 is 1.12 bits per heavy atom. The van der Waals surface area contributed by atoms with Gasteiger partial charge in [0, 0.05) is 5.41 Å². The highest BCUT2D eigenvalue weighted by Gasteiger charge is 2.56.